The fourth-order valence-electron chi connectivity index (χ4n) is 3.17. The van der Waals surface area contributed by atoms with Gasteiger partial charge in [0.2, 0.25) is 0 Å². The van der Waals surface area contributed by atoms with Crippen LogP contribution in [0.5, 0.6) is 0 Å². The fourth-order valence-corrected chi connectivity index (χ4v) is 9.25. The van der Waals surface area contributed by atoms with Gasteiger partial charge in [-0.15, -0.1) is 0 Å². The summed E-state index contributed by atoms with van der Waals surface area (Å²) in [6.45, 7) is 13.1. The normalized spacial score (nSPS) is 33.1. The van der Waals surface area contributed by atoms with Crippen molar-refractivity contribution in [3.63, 3.8) is 0 Å². The minimum atomic E-state index is -2.16. The fraction of sp³-hybridized carbons (Fsp3) is 0.917. The van der Waals surface area contributed by atoms with E-state index in [4.69, 9.17) is 15.8 Å². The third kappa shape index (κ3) is 1.82. The summed E-state index contributed by atoms with van der Waals surface area (Å²) < 4.78 is 5.14. The van der Waals surface area contributed by atoms with Crippen LogP contribution in [0.3, 0.4) is 0 Å². The van der Waals surface area contributed by atoms with E-state index in [0.29, 0.717) is 6.61 Å². The van der Waals surface area contributed by atoms with Crippen molar-refractivity contribution in [2.24, 2.45) is 0 Å². The minimum absolute atomic E-state index is 0.0216. The molecule has 1 aliphatic heterocycles. The predicted octanol–water partition coefficient (Wildman–Crippen LogP) is 4.09. The van der Waals surface area contributed by atoms with E-state index in [9.17, 15) is 4.79 Å². The standard InChI is InChI=1S/C12H23ClO2Si/c1-7-15-10(14)9-8-12(5,6)16(9,13)11(2,3)4/h9H,7-8H2,1-6H3/t9-,16-/m1/s1. The molecule has 0 bridgehead atoms. The van der Waals surface area contributed by atoms with Gasteiger partial charge in [-0.05, 0) is 23.4 Å². The molecule has 0 radical (unpaired) electrons. The van der Waals surface area contributed by atoms with Crippen molar-refractivity contribution in [2.45, 2.75) is 63.6 Å². The molecule has 1 fully saturated rings. The Balaban J connectivity index is 2.97. The van der Waals surface area contributed by atoms with Gasteiger partial charge in [0.1, 0.15) is 0 Å². The summed E-state index contributed by atoms with van der Waals surface area (Å²) in [5.41, 5.74) is -0.0379. The Morgan fingerprint density at radius 3 is 2.31 bits per heavy atom. The molecule has 0 amide bonds. The van der Waals surface area contributed by atoms with Crippen LogP contribution < -0.4 is 0 Å². The summed E-state index contributed by atoms with van der Waals surface area (Å²) in [4.78, 5) is 11.9. The largest absolute Gasteiger partial charge is 0.466 e. The summed E-state index contributed by atoms with van der Waals surface area (Å²) in [7, 11) is -2.16. The smallest absolute Gasteiger partial charge is 0.307 e. The molecule has 0 saturated carbocycles. The van der Waals surface area contributed by atoms with Gasteiger partial charge in [-0.1, -0.05) is 34.6 Å². The van der Waals surface area contributed by atoms with Gasteiger partial charge in [-0.2, -0.15) is 11.1 Å². The Kier molecular flexibility index (Phi) is 3.53. The van der Waals surface area contributed by atoms with Gasteiger partial charge in [-0.25, -0.2) is 0 Å². The molecule has 2 atom stereocenters. The number of esters is 1. The van der Waals surface area contributed by atoms with Crippen LogP contribution in [0.1, 0.15) is 48.0 Å². The Morgan fingerprint density at radius 1 is 1.50 bits per heavy atom. The molecular weight excluding hydrogens is 240 g/mol. The second-order valence-electron chi connectivity index (χ2n) is 6.35. The first-order chi connectivity index (χ1) is 7.08. The molecule has 0 aliphatic carbocycles. The van der Waals surface area contributed by atoms with E-state index in [1.807, 2.05) is 6.92 Å². The van der Waals surface area contributed by atoms with Gasteiger partial charge in [-0.3, -0.25) is 4.79 Å². The van der Waals surface area contributed by atoms with E-state index in [-0.39, 0.29) is 21.6 Å². The summed E-state index contributed by atoms with van der Waals surface area (Å²) in [6, 6.07) is 0. The van der Waals surface area contributed by atoms with Gasteiger partial charge in [0, 0.05) is 0 Å². The molecule has 0 aromatic carbocycles. The molecule has 1 rings (SSSR count). The van der Waals surface area contributed by atoms with E-state index in [0.717, 1.165) is 6.42 Å². The predicted molar refractivity (Wildman–Crippen MR) is 70.4 cm³/mol. The van der Waals surface area contributed by atoms with Crippen LogP contribution in [0.15, 0.2) is 0 Å². The lowest BCUT2D eigenvalue weighted by Crippen LogP contribution is -2.62. The number of rotatable bonds is 2. The summed E-state index contributed by atoms with van der Waals surface area (Å²) in [5, 5.41) is 0.137. The van der Waals surface area contributed by atoms with E-state index in [2.05, 4.69) is 34.6 Å². The highest BCUT2D eigenvalue weighted by Gasteiger charge is 2.70. The molecule has 0 aromatic rings. The zero-order valence-electron chi connectivity index (χ0n) is 11.2. The molecule has 2 nitrogen and oxygen atoms in total. The SMILES string of the molecule is CCOC(=O)[C@H]1CC(C)(C)[Si@]1(Cl)C(C)(C)C. The number of carbonyl (C=O) groups is 1. The van der Waals surface area contributed by atoms with Crippen LogP contribution in [-0.2, 0) is 9.53 Å². The van der Waals surface area contributed by atoms with Gasteiger partial charge in [0.05, 0.1) is 12.1 Å². The van der Waals surface area contributed by atoms with Crippen molar-refractivity contribution in [1.82, 2.24) is 0 Å². The highest BCUT2D eigenvalue weighted by Crippen LogP contribution is 2.71. The van der Waals surface area contributed by atoms with Gasteiger partial charge < -0.3 is 4.74 Å². The molecule has 4 heteroatoms. The highest BCUT2D eigenvalue weighted by atomic mass is 35.6. The molecule has 0 spiro atoms. The summed E-state index contributed by atoms with van der Waals surface area (Å²) >= 11 is 6.91. The lowest BCUT2D eigenvalue weighted by Gasteiger charge is -2.61. The number of ether oxygens (including phenoxy) is 1. The molecule has 1 saturated heterocycles. The van der Waals surface area contributed by atoms with Crippen molar-refractivity contribution < 1.29 is 9.53 Å². The Morgan fingerprint density at radius 2 is 2.00 bits per heavy atom. The minimum Gasteiger partial charge on any atom is -0.466 e. The van der Waals surface area contributed by atoms with E-state index in [1.165, 1.54) is 0 Å². The van der Waals surface area contributed by atoms with Crippen molar-refractivity contribution in [2.75, 3.05) is 6.61 Å². The average molecular weight is 263 g/mol. The van der Waals surface area contributed by atoms with Gasteiger partial charge in [0.15, 0.2) is 7.38 Å². The van der Waals surface area contributed by atoms with Crippen LogP contribution in [0.25, 0.3) is 0 Å². The molecule has 1 heterocycles. The van der Waals surface area contributed by atoms with E-state index >= 15 is 0 Å². The summed E-state index contributed by atoms with van der Waals surface area (Å²) in [5.74, 6) is -0.0848. The third-order valence-corrected chi connectivity index (χ3v) is 13.6. The number of hydrogen-bond acceptors (Lipinski definition) is 2. The lowest BCUT2D eigenvalue weighted by molar-refractivity contribution is -0.144. The molecule has 1 aliphatic rings. The van der Waals surface area contributed by atoms with Crippen molar-refractivity contribution in [3.05, 3.63) is 0 Å². The second-order valence-corrected chi connectivity index (χ2v) is 13.1. The molecule has 0 aromatic heterocycles. The third-order valence-electron chi connectivity index (χ3n) is 3.84. The first kappa shape index (κ1) is 14.0. The average Bonchev–Trinajstić information content (AvgIpc) is 2.11. The second kappa shape index (κ2) is 4.02. The Hall–Kier alpha value is -0.0231. The van der Waals surface area contributed by atoms with Crippen LogP contribution in [0, 0.1) is 0 Å². The van der Waals surface area contributed by atoms with Crippen LogP contribution in [0.2, 0.25) is 15.6 Å². The van der Waals surface area contributed by atoms with E-state index in [1.54, 1.807) is 0 Å². The molecule has 16 heavy (non-hydrogen) atoms. The van der Waals surface area contributed by atoms with Gasteiger partial charge in [0.25, 0.3) is 0 Å². The molecule has 94 valence electrons. The van der Waals surface area contributed by atoms with E-state index < -0.39 is 7.38 Å². The summed E-state index contributed by atoms with van der Waals surface area (Å²) in [6.07, 6.45) is 0.874. The highest BCUT2D eigenvalue weighted by molar-refractivity contribution is 7.26. The first-order valence-electron chi connectivity index (χ1n) is 5.93. The van der Waals surface area contributed by atoms with Crippen LogP contribution in [-0.4, -0.2) is 20.0 Å². The van der Waals surface area contributed by atoms with Crippen molar-refractivity contribution >= 4 is 24.4 Å². The molecule has 0 N–H and O–H groups in total. The Bertz CT molecular complexity index is 284. The lowest BCUT2D eigenvalue weighted by atomic mass is 10.0. The van der Waals surface area contributed by atoms with Crippen molar-refractivity contribution in [3.8, 4) is 0 Å². The van der Waals surface area contributed by atoms with Crippen molar-refractivity contribution in [1.29, 1.82) is 0 Å². The molecular formula is C12H23ClO2Si. The van der Waals surface area contributed by atoms with Crippen LogP contribution in [0.4, 0.5) is 0 Å². The molecule has 0 unspecified atom stereocenters. The zero-order valence-corrected chi connectivity index (χ0v) is 12.9. The zero-order chi connectivity index (χ0) is 12.8. The number of carbonyl (C=O) groups excluding carboxylic acids is 1. The maximum absolute atomic E-state index is 11.9. The number of halogens is 1. The monoisotopic (exact) mass is 262 g/mol. The van der Waals surface area contributed by atoms with Gasteiger partial charge >= 0.3 is 5.97 Å². The number of hydrogen-bond donors (Lipinski definition) is 0. The topological polar surface area (TPSA) is 26.3 Å². The quantitative estimate of drug-likeness (QED) is 0.426. The maximum Gasteiger partial charge on any atom is 0.307 e. The van der Waals surface area contributed by atoms with Crippen LogP contribution >= 0.6 is 11.1 Å². The maximum atomic E-state index is 11.9. The Labute approximate surface area is 104 Å². The first-order valence-corrected chi connectivity index (χ1v) is 9.02.